The van der Waals surface area contributed by atoms with Gasteiger partial charge >= 0.3 is 0 Å². The first kappa shape index (κ1) is 20.7. The van der Waals surface area contributed by atoms with Gasteiger partial charge in [-0.1, -0.05) is 6.07 Å². The second-order valence-electron chi connectivity index (χ2n) is 6.07. The summed E-state index contributed by atoms with van der Waals surface area (Å²) in [6, 6.07) is 6.32. The Bertz CT molecular complexity index is 645. The van der Waals surface area contributed by atoms with Crippen molar-refractivity contribution in [2.45, 2.75) is 44.2 Å². The molecule has 0 heterocycles. The van der Waals surface area contributed by atoms with Crippen molar-refractivity contribution in [1.29, 1.82) is 0 Å². The third-order valence-corrected chi connectivity index (χ3v) is 4.82. The molecule has 3 N–H and O–H groups in total. The average Bonchev–Trinajstić information content (AvgIpc) is 2.97. The predicted octanol–water partition coefficient (Wildman–Crippen LogP) is 2.13. The number of hydrogen-bond acceptors (Lipinski definition) is 5. The molecule has 1 aliphatic rings. The van der Waals surface area contributed by atoms with Crippen LogP contribution in [0.5, 0.6) is 5.75 Å². The Morgan fingerprint density at radius 2 is 2.04 bits per heavy atom. The van der Waals surface area contributed by atoms with Crippen LogP contribution in [0.1, 0.15) is 32.1 Å². The van der Waals surface area contributed by atoms with Gasteiger partial charge in [0.25, 0.3) is 0 Å². The molecule has 8 heteroatoms. The molecule has 1 atom stereocenters. The maximum Gasteiger partial charge on any atom is 0.241 e. The molecule has 0 radical (unpaired) electrons. The predicted molar refractivity (Wildman–Crippen MR) is 97.5 cm³/mol. The van der Waals surface area contributed by atoms with Crippen molar-refractivity contribution in [3.8, 4) is 5.75 Å². The number of sulfone groups is 1. The molecule has 1 saturated carbocycles. The van der Waals surface area contributed by atoms with E-state index in [2.05, 4.69) is 5.32 Å². The number of carbonyl (C=O) groups is 1. The summed E-state index contributed by atoms with van der Waals surface area (Å²) in [5.74, 6) is 0.220. The zero-order valence-corrected chi connectivity index (χ0v) is 15.4. The third kappa shape index (κ3) is 7.07. The van der Waals surface area contributed by atoms with Crippen molar-refractivity contribution < 1.29 is 17.9 Å². The molecule has 2 rings (SSSR count). The number of nitrogens with one attached hydrogen (secondary N) is 1. The first-order chi connectivity index (χ1) is 10.8. The lowest BCUT2D eigenvalue weighted by molar-refractivity contribution is -0.117. The first-order valence-electron chi connectivity index (χ1n) is 7.84. The van der Waals surface area contributed by atoms with Gasteiger partial charge in [-0.2, -0.15) is 0 Å². The van der Waals surface area contributed by atoms with E-state index in [9.17, 15) is 13.2 Å². The molecule has 0 aliphatic heterocycles. The summed E-state index contributed by atoms with van der Waals surface area (Å²) < 4.78 is 28.1. The van der Waals surface area contributed by atoms with Crippen LogP contribution in [0, 0.1) is 0 Å². The maximum atomic E-state index is 12.0. The van der Waals surface area contributed by atoms with Crippen LogP contribution in [0.3, 0.4) is 0 Å². The third-order valence-electron chi connectivity index (χ3n) is 3.84. The Morgan fingerprint density at radius 3 is 2.67 bits per heavy atom. The second-order valence-corrected chi connectivity index (χ2v) is 8.33. The van der Waals surface area contributed by atoms with Crippen LogP contribution in [-0.4, -0.2) is 38.5 Å². The molecule has 0 spiro atoms. The molecule has 0 saturated heterocycles. The highest BCUT2D eigenvalue weighted by Gasteiger charge is 2.18. The van der Waals surface area contributed by atoms with Gasteiger partial charge in [-0.05, 0) is 44.2 Å². The van der Waals surface area contributed by atoms with Crippen LogP contribution in [-0.2, 0) is 14.6 Å². The van der Waals surface area contributed by atoms with Crippen molar-refractivity contribution in [3.63, 3.8) is 0 Å². The molecule has 0 bridgehead atoms. The normalized spacial score (nSPS) is 16.2. The van der Waals surface area contributed by atoms with E-state index in [0.717, 1.165) is 24.8 Å². The number of halogens is 1. The van der Waals surface area contributed by atoms with E-state index >= 15 is 0 Å². The number of amides is 1. The monoisotopic (exact) mass is 376 g/mol. The van der Waals surface area contributed by atoms with Crippen molar-refractivity contribution in [3.05, 3.63) is 24.3 Å². The van der Waals surface area contributed by atoms with E-state index in [1.165, 1.54) is 12.8 Å². The smallest absolute Gasteiger partial charge is 0.241 e. The van der Waals surface area contributed by atoms with Gasteiger partial charge in [0.1, 0.15) is 15.6 Å². The van der Waals surface area contributed by atoms with Crippen molar-refractivity contribution >= 4 is 33.8 Å². The fraction of sp³-hybridized carbons (Fsp3) is 0.562. The fourth-order valence-electron chi connectivity index (χ4n) is 2.55. The topological polar surface area (TPSA) is 98.5 Å². The molecular formula is C16H25ClN2O4S. The molecule has 1 aromatic rings. The first-order valence-corrected chi connectivity index (χ1v) is 9.90. The van der Waals surface area contributed by atoms with E-state index < -0.39 is 21.8 Å². The summed E-state index contributed by atoms with van der Waals surface area (Å²) in [5, 5.41) is 2.70. The van der Waals surface area contributed by atoms with Crippen LogP contribution in [0.2, 0.25) is 0 Å². The summed E-state index contributed by atoms with van der Waals surface area (Å²) in [5.41, 5.74) is 6.33. The molecule has 1 amide bonds. The molecular weight excluding hydrogens is 352 g/mol. The molecule has 1 aromatic carbocycles. The van der Waals surface area contributed by atoms with Crippen LogP contribution < -0.4 is 15.8 Å². The van der Waals surface area contributed by atoms with E-state index in [1.807, 2.05) is 12.1 Å². The lowest BCUT2D eigenvalue weighted by atomic mass is 10.2. The number of ether oxygens (including phenoxy) is 1. The number of benzene rings is 1. The Balaban J connectivity index is 0.00000288. The van der Waals surface area contributed by atoms with Crippen molar-refractivity contribution in [2.75, 3.05) is 17.3 Å². The average molecular weight is 377 g/mol. The SMILES string of the molecule is CS(=O)(=O)CCC(N)C(=O)Nc1cccc(OC2CCCC2)c1.Cl. The van der Waals surface area contributed by atoms with E-state index in [0.29, 0.717) is 5.69 Å². The van der Waals surface area contributed by atoms with Gasteiger partial charge in [-0.25, -0.2) is 8.42 Å². The minimum atomic E-state index is -3.13. The highest BCUT2D eigenvalue weighted by molar-refractivity contribution is 7.90. The number of hydrogen-bond donors (Lipinski definition) is 2. The van der Waals surface area contributed by atoms with Gasteiger partial charge in [0.05, 0.1) is 17.9 Å². The molecule has 1 fully saturated rings. The number of nitrogens with two attached hydrogens (primary N) is 1. The van der Waals surface area contributed by atoms with Crippen LogP contribution >= 0.6 is 12.4 Å². The quantitative estimate of drug-likeness (QED) is 0.759. The second kappa shape index (κ2) is 9.25. The van der Waals surface area contributed by atoms with Gasteiger partial charge in [0, 0.05) is 18.0 Å². The Hall–Kier alpha value is -1.31. The van der Waals surface area contributed by atoms with Gasteiger partial charge in [0.15, 0.2) is 0 Å². The molecule has 1 aliphatic carbocycles. The van der Waals surface area contributed by atoms with Crippen LogP contribution in [0.4, 0.5) is 5.69 Å². The molecule has 1 unspecified atom stereocenters. The number of rotatable bonds is 7. The zero-order valence-electron chi connectivity index (χ0n) is 13.7. The summed E-state index contributed by atoms with van der Waals surface area (Å²) in [7, 11) is -3.13. The summed E-state index contributed by atoms with van der Waals surface area (Å²) >= 11 is 0. The standard InChI is InChI=1S/C16H24N2O4S.ClH/c1-23(20,21)10-9-15(17)16(19)18-12-5-4-8-14(11-12)22-13-6-2-3-7-13;/h4-5,8,11,13,15H,2-3,6-7,9-10,17H2,1H3,(H,18,19);1H. The van der Waals surface area contributed by atoms with Crippen LogP contribution in [0.15, 0.2) is 24.3 Å². The highest BCUT2D eigenvalue weighted by Crippen LogP contribution is 2.25. The van der Waals surface area contributed by atoms with E-state index in [1.54, 1.807) is 12.1 Å². The molecule has 24 heavy (non-hydrogen) atoms. The zero-order chi connectivity index (χ0) is 16.9. The van der Waals surface area contributed by atoms with E-state index in [-0.39, 0.29) is 30.7 Å². The van der Waals surface area contributed by atoms with Gasteiger partial charge < -0.3 is 15.8 Å². The lowest BCUT2D eigenvalue weighted by Crippen LogP contribution is -2.37. The lowest BCUT2D eigenvalue weighted by Gasteiger charge is -2.15. The fourth-order valence-corrected chi connectivity index (χ4v) is 3.23. The van der Waals surface area contributed by atoms with E-state index in [4.69, 9.17) is 10.5 Å². The minimum absolute atomic E-state index is 0. The minimum Gasteiger partial charge on any atom is -0.490 e. The molecule has 0 aromatic heterocycles. The molecule has 136 valence electrons. The Morgan fingerprint density at radius 1 is 1.38 bits per heavy atom. The summed E-state index contributed by atoms with van der Waals surface area (Å²) in [6.45, 7) is 0. The van der Waals surface area contributed by atoms with Crippen LogP contribution in [0.25, 0.3) is 0 Å². The Kier molecular flexibility index (Phi) is 7.99. The van der Waals surface area contributed by atoms with Crippen molar-refractivity contribution in [1.82, 2.24) is 0 Å². The van der Waals surface area contributed by atoms with Crippen molar-refractivity contribution in [2.24, 2.45) is 5.73 Å². The largest absolute Gasteiger partial charge is 0.490 e. The van der Waals surface area contributed by atoms with Gasteiger partial charge in [-0.3, -0.25) is 4.79 Å². The number of anilines is 1. The van der Waals surface area contributed by atoms with Gasteiger partial charge in [0.2, 0.25) is 5.91 Å². The Labute approximate surface area is 149 Å². The number of carbonyl (C=O) groups excluding carboxylic acids is 1. The molecule has 6 nitrogen and oxygen atoms in total. The maximum absolute atomic E-state index is 12.0. The highest BCUT2D eigenvalue weighted by atomic mass is 35.5. The van der Waals surface area contributed by atoms with Gasteiger partial charge in [-0.15, -0.1) is 12.4 Å². The summed E-state index contributed by atoms with van der Waals surface area (Å²) in [6.07, 6.45) is 5.98. The summed E-state index contributed by atoms with van der Waals surface area (Å²) in [4.78, 5) is 12.0.